The number of hydrogen-bond donors (Lipinski definition) is 0. The molecule has 3 aromatic carbocycles. The summed E-state index contributed by atoms with van der Waals surface area (Å²) in [6.45, 7) is 4.60. The van der Waals surface area contributed by atoms with Gasteiger partial charge in [0.05, 0.1) is 38.1 Å². The van der Waals surface area contributed by atoms with E-state index < -0.39 is 11.7 Å². The van der Waals surface area contributed by atoms with Crippen molar-refractivity contribution < 1.29 is 37.0 Å². The van der Waals surface area contributed by atoms with Gasteiger partial charge in [0.1, 0.15) is 0 Å². The predicted octanol–water partition coefficient (Wildman–Crippen LogP) is 7.03. The van der Waals surface area contributed by atoms with Crippen LogP contribution in [0, 0.1) is 0 Å². The first-order valence-corrected chi connectivity index (χ1v) is 14.4. The molecule has 3 rings (SSSR count). The van der Waals surface area contributed by atoms with Gasteiger partial charge in [-0.3, -0.25) is 9.69 Å². The monoisotopic (exact) mass is 599 g/mol. The largest absolute Gasteiger partial charge is 0.469 e. The van der Waals surface area contributed by atoms with E-state index in [2.05, 4.69) is 4.90 Å². The summed E-state index contributed by atoms with van der Waals surface area (Å²) in [6.07, 6.45) is -1.06. The molecular weight excluding hydrogens is 559 g/mol. The molecule has 3 aromatic rings. The molecule has 232 valence electrons. The van der Waals surface area contributed by atoms with Crippen molar-refractivity contribution in [3.63, 3.8) is 0 Å². The van der Waals surface area contributed by atoms with Crippen LogP contribution in [0.1, 0.15) is 64.4 Å². The normalized spacial score (nSPS) is 12.3. The topological polar surface area (TPSA) is 65.1 Å². The lowest BCUT2D eigenvalue weighted by Gasteiger charge is -2.26. The number of halogens is 3. The minimum Gasteiger partial charge on any atom is -0.469 e. The Morgan fingerprint density at radius 1 is 0.767 bits per heavy atom. The van der Waals surface area contributed by atoms with Gasteiger partial charge in [0.25, 0.3) is 0 Å². The summed E-state index contributed by atoms with van der Waals surface area (Å²) in [7, 11) is 2.75. The summed E-state index contributed by atoms with van der Waals surface area (Å²) in [4.78, 5) is 25.5. The number of esters is 2. The molecule has 1 atom stereocenters. The van der Waals surface area contributed by atoms with Crippen LogP contribution >= 0.6 is 0 Å². The summed E-state index contributed by atoms with van der Waals surface area (Å²) in [5.41, 5.74) is 3.92. The molecule has 0 spiro atoms. The molecule has 0 aliphatic heterocycles. The summed E-state index contributed by atoms with van der Waals surface area (Å²) < 4.78 is 54.0. The van der Waals surface area contributed by atoms with Crippen molar-refractivity contribution in [2.45, 2.75) is 64.5 Å². The third-order valence-corrected chi connectivity index (χ3v) is 7.17. The van der Waals surface area contributed by atoms with Crippen LogP contribution in [0.3, 0.4) is 0 Å². The van der Waals surface area contributed by atoms with Gasteiger partial charge in [-0.1, -0.05) is 48.5 Å². The van der Waals surface area contributed by atoms with Crippen molar-refractivity contribution in [2.24, 2.45) is 0 Å². The van der Waals surface area contributed by atoms with Crippen LogP contribution in [0.4, 0.5) is 13.2 Å². The molecule has 0 fully saturated rings. The van der Waals surface area contributed by atoms with Gasteiger partial charge < -0.3 is 14.2 Å². The van der Waals surface area contributed by atoms with Gasteiger partial charge in [-0.25, -0.2) is 4.79 Å². The van der Waals surface area contributed by atoms with E-state index in [1.54, 1.807) is 12.1 Å². The van der Waals surface area contributed by atoms with Crippen LogP contribution in [-0.2, 0) is 51.2 Å². The molecule has 0 bridgehead atoms. The maximum absolute atomic E-state index is 12.8. The summed E-state index contributed by atoms with van der Waals surface area (Å²) in [5.74, 6) is -0.590. The van der Waals surface area contributed by atoms with Gasteiger partial charge in [0, 0.05) is 19.5 Å². The highest BCUT2D eigenvalue weighted by atomic mass is 19.4. The van der Waals surface area contributed by atoms with Crippen molar-refractivity contribution >= 4 is 11.9 Å². The van der Waals surface area contributed by atoms with Crippen LogP contribution in [0.2, 0.25) is 0 Å². The molecule has 0 aromatic heterocycles. The van der Waals surface area contributed by atoms with Crippen LogP contribution in [0.15, 0.2) is 72.8 Å². The highest BCUT2D eigenvalue weighted by molar-refractivity contribution is 5.89. The first-order valence-electron chi connectivity index (χ1n) is 14.4. The van der Waals surface area contributed by atoms with E-state index in [1.165, 1.54) is 26.4 Å². The van der Waals surface area contributed by atoms with Crippen molar-refractivity contribution in [1.82, 2.24) is 4.90 Å². The van der Waals surface area contributed by atoms with Crippen molar-refractivity contribution in [1.29, 1.82) is 0 Å². The number of aryl methyl sites for hydroxylation is 2. The van der Waals surface area contributed by atoms with Crippen LogP contribution in [-0.4, -0.2) is 50.3 Å². The molecule has 9 heteroatoms. The molecule has 0 amide bonds. The molecule has 6 nitrogen and oxygen atoms in total. The van der Waals surface area contributed by atoms with Crippen molar-refractivity contribution in [3.8, 4) is 0 Å². The van der Waals surface area contributed by atoms with E-state index in [0.717, 1.165) is 60.2 Å². The third-order valence-electron chi connectivity index (χ3n) is 7.17. The zero-order valence-electron chi connectivity index (χ0n) is 25.0. The fourth-order valence-corrected chi connectivity index (χ4v) is 4.67. The second kappa shape index (κ2) is 16.8. The number of ether oxygens (including phenoxy) is 3. The number of nitrogens with zero attached hydrogens (tertiary/aromatic N) is 1. The van der Waals surface area contributed by atoms with E-state index in [1.807, 2.05) is 43.3 Å². The van der Waals surface area contributed by atoms with Gasteiger partial charge in [0.2, 0.25) is 0 Å². The minimum absolute atomic E-state index is 0.0608. The van der Waals surface area contributed by atoms with Crippen molar-refractivity contribution in [3.05, 3.63) is 106 Å². The number of alkyl halides is 3. The zero-order valence-corrected chi connectivity index (χ0v) is 25.0. The average molecular weight is 600 g/mol. The van der Waals surface area contributed by atoms with Crippen LogP contribution in [0.5, 0.6) is 0 Å². The maximum atomic E-state index is 12.8. The maximum Gasteiger partial charge on any atom is 0.416 e. The van der Waals surface area contributed by atoms with E-state index in [0.29, 0.717) is 38.1 Å². The Labute approximate surface area is 251 Å². The Kier molecular flexibility index (Phi) is 13.2. The molecule has 0 unspecified atom stereocenters. The summed E-state index contributed by atoms with van der Waals surface area (Å²) in [6, 6.07) is 20.7. The van der Waals surface area contributed by atoms with Gasteiger partial charge in [-0.15, -0.1) is 0 Å². The van der Waals surface area contributed by atoms with Crippen LogP contribution in [0.25, 0.3) is 0 Å². The predicted molar refractivity (Wildman–Crippen MR) is 158 cm³/mol. The minimum atomic E-state index is -4.32. The molecule has 0 saturated heterocycles. The summed E-state index contributed by atoms with van der Waals surface area (Å²) in [5, 5.41) is 0. The number of unbranched alkanes of at least 4 members (excludes halogenated alkanes) is 1. The quantitative estimate of drug-likeness (QED) is 0.130. The van der Waals surface area contributed by atoms with Gasteiger partial charge >= 0.3 is 18.1 Å². The van der Waals surface area contributed by atoms with Gasteiger partial charge in [0.15, 0.2) is 0 Å². The second-order valence-electron chi connectivity index (χ2n) is 10.6. The second-order valence-corrected chi connectivity index (χ2v) is 10.6. The number of carbonyl (C=O) groups is 2. The fraction of sp³-hybridized carbons (Fsp3) is 0.412. The Morgan fingerprint density at radius 2 is 1.33 bits per heavy atom. The molecule has 43 heavy (non-hydrogen) atoms. The smallest absolute Gasteiger partial charge is 0.416 e. The Bertz CT molecular complexity index is 1280. The van der Waals surface area contributed by atoms with Gasteiger partial charge in [-0.05, 0) is 85.7 Å². The average Bonchev–Trinajstić information content (AvgIpc) is 3.01. The Balaban J connectivity index is 1.50. The highest BCUT2D eigenvalue weighted by Crippen LogP contribution is 2.29. The zero-order chi connectivity index (χ0) is 31.2. The number of rotatable bonds is 16. The van der Waals surface area contributed by atoms with Gasteiger partial charge in [-0.2, -0.15) is 13.2 Å². The van der Waals surface area contributed by atoms with E-state index in [-0.39, 0.29) is 18.0 Å². The van der Waals surface area contributed by atoms with Crippen LogP contribution < -0.4 is 0 Å². The number of carbonyl (C=O) groups excluding carboxylic acids is 2. The molecule has 0 radical (unpaired) electrons. The first-order chi connectivity index (χ1) is 20.6. The number of methoxy groups -OCH3 is 2. The Morgan fingerprint density at radius 3 is 1.88 bits per heavy atom. The third kappa shape index (κ3) is 11.8. The van der Waals surface area contributed by atoms with E-state index >= 15 is 0 Å². The van der Waals surface area contributed by atoms with E-state index in [9.17, 15) is 22.8 Å². The molecule has 0 N–H and O–H groups in total. The fourth-order valence-electron chi connectivity index (χ4n) is 4.67. The lowest BCUT2D eigenvalue weighted by Crippen LogP contribution is -2.33. The molecular formula is C34H40F3NO5. The van der Waals surface area contributed by atoms with E-state index in [4.69, 9.17) is 14.2 Å². The SMILES string of the molecule is COC(=O)CCCCN(Cc1ccc(C(=O)OC)cc1)C[C@@H](C)OCc1ccc(CCc2ccc(C(F)(F)F)cc2)cc1. The molecule has 0 heterocycles. The van der Waals surface area contributed by atoms with Crippen molar-refractivity contribution in [2.75, 3.05) is 27.3 Å². The Hall–Kier alpha value is -3.69. The lowest BCUT2D eigenvalue weighted by molar-refractivity contribution is -0.141. The summed E-state index contributed by atoms with van der Waals surface area (Å²) >= 11 is 0. The molecule has 0 aliphatic rings. The number of benzene rings is 3. The highest BCUT2D eigenvalue weighted by Gasteiger charge is 2.29. The standard InChI is InChI=1S/C34H40F3NO5/c1-25(22-38(21-5-4-6-32(39)41-2)23-28-13-17-30(18-14-28)33(40)42-3)43-24-29-11-9-26(10-12-29)7-8-27-15-19-31(20-16-27)34(35,36)37/h9-20,25H,4-8,21-24H2,1-3H3/t25-/m1/s1. The molecule has 0 aliphatic carbocycles. The molecule has 0 saturated carbocycles. The number of hydrogen-bond acceptors (Lipinski definition) is 6. The lowest BCUT2D eigenvalue weighted by atomic mass is 10.0. The first kappa shape index (κ1) is 33.8.